The summed E-state index contributed by atoms with van der Waals surface area (Å²) < 4.78 is 22.5. The third-order valence-electron chi connectivity index (χ3n) is 3.72. The van der Waals surface area contributed by atoms with Gasteiger partial charge in [-0.05, 0) is 32.0 Å². The van der Waals surface area contributed by atoms with Crippen LogP contribution in [0.3, 0.4) is 0 Å². The van der Waals surface area contributed by atoms with Gasteiger partial charge in [-0.1, -0.05) is 0 Å². The van der Waals surface area contributed by atoms with Gasteiger partial charge in [0.25, 0.3) is 0 Å². The molecule has 1 aromatic rings. The smallest absolute Gasteiger partial charge is 0.151 e. The Balaban J connectivity index is 1.93. The molecule has 1 aliphatic heterocycles. The lowest BCUT2D eigenvalue weighted by Crippen LogP contribution is -2.47. The first-order valence-electron chi connectivity index (χ1n) is 6.86. The molecule has 6 nitrogen and oxygen atoms in total. The fourth-order valence-corrected chi connectivity index (χ4v) is 3.10. The van der Waals surface area contributed by atoms with Crippen LogP contribution in [0.15, 0.2) is 18.3 Å². The van der Waals surface area contributed by atoms with Crippen LogP contribution in [0.25, 0.3) is 0 Å². The SMILES string of the molecule is CN(CCS(C)(=O)=O)C1CCCN(c2cccnn2)C1. The molecule has 1 fully saturated rings. The molecule has 2 rings (SSSR count). The van der Waals surface area contributed by atoms with Crippen molar-refractivity contribution < 1.29 is 8.42 Å². The molecule has 112 valence electrons. The van der Waals surface area contributed by atoms with Crippen molar-refractivity contribution >= 4 is 15.7 Å². The van der Waals surface area contributed by atoms with Crippen LogP contribution >= 0.6 is 0 Å². The first-order valence-corrected chi connectivity index (χ1v) is 8.92. The Bertz CT molecular complexity index is 520. The number of hydrogen-bond acceptors (Lipinski definition) is 6. The van der Waals surface area contributed by atoms with E-state index in [2.05, 4.69) is 20.0 Å². The summed E-state index contributed by atoms with van der Waals surface area (Å²) in [7, 11) is -0.905. The molecular weight excluding hydrogens is 276 g/mol. The molecule has 0 aliphatic carbocycles. The standard InChI is InChI=1S/C13H22N4O2S/c1-16(9-10-20(2,18)19)12-5-4-8-17(11-12)13-6-3-7-14-15-13/h3,6-7,12H,4-5,8-11H2,1-2H3. The number of anilines is 1. The second kappa shape index (κ2) is 6.49. The van der Waals surface area contributed by atoms with Gasteiger partial charge in [0.15, 0.2) is 5.82 Å². The molecule has 0 saturated carbocycles. The first-order chi connectivity index (χ1) is 9.46. The highest BCUT2D eigenvalue weighted by Gasteiger charge is 2.24. The maximum absolute atomic E-state index is 11.2. The topological polar surface area (TPSA) is 66.4 Å². The van der Waals surface area contributed by atoms with Gasteiger partial charge < -0.3 is 9.80 Å². The Morgan fingerprint density at radius 2 is 2.30 bits per heavy atom. The van der Waals surface area contributed by atoms with Gasteiger partial charge in [-0.25, -0.2) is 8.42 Å². The number of nitrogens with zero attached hydrogens (tertiary/aromatic N) is 4. The second-order valence-electron chi connectivity index (χ2n) is 5.43. The summed E-state index contributed by atoms with van der Waals surface area (Å²) in [6.07, 6.45) is 5.14. The van der Waals surface area contributed by atoms with Crippen molar-refractivity contribution in [1.82, 2.24) is 15.1 Å². The average Bonchev–Trinajstić information content (AvgIpc) is 2.45. The average molecular weight is 298 g/mol. The van der Waals surface area contributed by atoms with Crippen LogP contribution in [0.2, 0.25) is 0 Å². The largest absolute Gasteiger partial charge is 0.354 e. The Morgan fingerprint density at radius 3 is 2.95 bits per heavy atom. The second-order valence-corrected chi connectivity index (χ2v) is 7.69. The highest BCUT2D eigenvalue weighted by molar-refractivity contribution is 7.90. The maximum Gasteiger partial charge on any atom is 0.151 e. The quantitative estimate of drug-likeness (QED) is 0.785. The zero-order valence-corrected chi connectivity index (χ0v) is 12.9. The lowest BCUT2D eigenvalue weighted by molar-refractivity contribution is 0.226. The molecule has 0 bridgehead atoms. The monoisotopic (exact) mass is 298 g/mol. The van der Waals surface area contributed by atoms with Crippen molar-refractivity contribution in [3.63, 3.8) is 0 Å². The van der Waals surface area contributed by atoms with E-state index >= 15 is 0 Å². The van der Waals surface area contributed by atoms with Crippen LogP contribution < -0.4 is 4.90 Å². The summed E-state index contributed by atoms with van der Waals surface area (Å²) in [6, 6.07) is 4.22. The fourth-order valence-electron chi connectivity index (χ4n) is 2.48. The number of likely N-dealkylation sites (N-methyl/N-ethyl adjacent to an activating group) is 1. The summed E-state index contributed by atoms with van der Waals surface area (Å²) in [5.74, 6) is 1.11. The van der Waals surface area contributed by atoms with Gasteiger partial charge in [0, 0.05) is 38.1 Å². The summed E-state index contributed by atoms with van der Waals surface area (Å²) >= 11 is 0. The molecule has 1 aromatic heterocycles. The van der Waals surface area contributed by atoms with E-state index in [1.807, 2.05) is 19.2 Å². The molecule has 1 saturated heterocycles. The fraction of sp³-hybridized carbons (Fsp3) is 0.692. The van der Waals surface area contributed by atoms with E-state index in [9.17, 15) is 8.42 Å². The van der Waals surface area contributed by atoms with E-state index in [-0.39, 0.29) is 5.75 Å². The van der Waals surface area contributed by atoms with Gasteiger partial charge in [-0.15, -0.1) is 5.10 Å². The van der Waals surface area contributed by atoms with Crippen LogP contribution in [0.1, 0.15) is 12.8 Å². The molecule has 0 aromatic carbocycles. The van der Waals surface area contributed by atoms with Crippen molar-refractivity contribution in [3.8, 4) is 0 Å². The molecular formula is C13H22N4O2S. The summed E-state index contributed by atoms with van der Waals surface area (Å²) in [4.78, 5) is 4.36. The Morgan fingerprint density at radius 1 is 1.50 bits per heavy atom. The highest BCUT2D eigenvalue weighted by Crippen LogP contribution is 2.19. The molecule has 0 amide bonds. The number of sulfone groups is 1. The van der Waals surface area contributed by atoms with Crippen molar-refractivity contribution in [2.75, 3.05) is 43.6 Å². The molecule has 0 radical (unpaired) electrons. The van der Waals surface area contributed by atoms with E-state index in [1.54, 1.807) is 6.20 Å². The third kappa shape index (κ3) is 4.42. The highest BCUT2D eigenvalue weighted by atomic mass is 32.2. The van der Waals surface area contributed by atoms with Crippen LogP contribution in [0.4, 0.5) is 5.82 Å². The summed E-state index contributed by atoms with van der Waals surface area (Å²) in [5, 5.41) is 8.06. The van der Waals surface area contributed by atoms with Gasteiger partial charge >= 0.3 is 0 Å². The van der Waals surface area contributed by atoms with E-state index in [4.69, 9.17) is 0 Å². The van der Waals surface area contributed by atoms with Gasteiger partial charge in [0.2, 0.25) is 0 Å². The Kier molecular flexibility index (Phi) is 4.93. The Labute approximate surface area is 120 Å². The molecule has 0 spiro atoms. The minimum Gasteiger partial charge on any atom is -0.354 e. The lowest BCUT2D eigenvalue weighted by Gasteiger charge is -2.38. The number of rotatable bonds is 5. The minimum absolute atomic E-state index is 0.213. The van der Waals surface area contributed by atoms with Crippen LogP contribution in [0.5, 0.6) is 0 Å². The molecule has 7 heteroatoms. The number of hydrogen-bond donors (Lipinski definition) is 0. The zero-order valence-electron chi connectivity index (χ0n) is 12.1. The van der Waals surface area contributed by atoms with Crippen LogP contribution in [-0.2, 0) is 9.84 Å². The van der Waals surface area contributed by atoms with E-state index in [0.29, 0.717) is 12.6 Å². The maximum atomic E-state index is 11.2. The molecule has 2 heterocycles. The van der Waals surface area contributed by atoms with Gasteiger partial charge in [-0.2, -0.15) is 5.10 Å². The number of piperidine rings is 1. The van der Waals surface area contributed by atoms with Gasteiger partial charge in [0.05, 0.1) is 5.75 Å². The van der Waals surface area contributed by atoms with Crippen LogP contribution in [0, 0.1) is 0 Å². The lowest BCUT2D eigenvalue weighted by atomic mass is 10.0. The molecule has 1 atom stereocenters. The summed E-state index contributed by atoms with van der Waals surface area (Å²) in [6.45, 7) is 2.44. The molecule has 1 unspecified atom stereocenters. The van der Waals surface area contributed by atoms with Gasteiger partial charge in [0.1, 0.15) is 9.84 Å². The predicted octanol–water partition coefficient (Wildman–Crippen LogP) is 0.422. The van der Waals surface area contributed by atoms with Crippen molar-refractivity contribution in [1.29, 1.82) is 0 Å². The summed E-state index contributed by atoms with van der Waals surface area (Å²) in [5.41, 5.74) is 0. The van der Waals surface area contributed by atoms with E-state index < -0.39 is 9.84 Å². The minimum atomic E-state index is -2.90. The van der Waals surface area contributed by atoms with Crippen molar-refractivity contribution in [3.05, 3.63) is 18.3 Å². The van der Waals surface area contributed by atoms with Crippen LogP contribution in [-0.4, -0.2) is 68.2 Å². The normalized spacial score (nSPS) is 20.4. The van der Waals surface area contributed by atoms with E-state index in [0.717, 1.165) is 31.7 Å². The van der Waals surface area contributed by atoms with Gasteiger partial charge in [-0.3, -0.25) is 0 Å². The van der Waals surface area contributed by atoms with Crippen molar-refractivity contribution in [2.45, 2.75) is 18.9 Å². The predicted molar refractivity (Wildman–Crippen MR) is 79.6 cm³/mol. The third-order valence-corrected chi connectivity index (χ3v) is 4.64. The first kappa shape index (κ1) is 15.2. The zero-order chi connectivity index (χ0) is 14.6. The van der Waals surface area contributed by atoms with Crippen molar-refractivity contribution in [2.24, 2.45) is 0 Å². The molecule has 1 aliphatic rings. The Hall–Kier alpha value is -1.21. The molecule has 20 heavy (non-hydrogen) atoms. The molecule has 0 N–H and O–H groups in total. The number of aromatic nitrogens is 2. The van der Waals surface area contributed by atoms with E-state index in [1.165, 1.54) is 6.26 Å².